The maximum atomic E-state index is 13.4. The number of nitrogens with zero attached hydrogens (tertiary/aromatic N) is 2. The molecule has 26 nitrogen and oxygen atoms in total. The first kappa shape index (κ1) is 53.1. The van der Waals surface area contributed by atoms with Crippen LogP contribution in [0.25, 0.3) is 0 Å². The molecule has 26 heteroatoms. The minimum absolute atomic E-state index is 0.150. The van der Waals surface area contributed by atoms with E-state index in [0.717, 1.165) is 4.90 Å². The largest absolute Gasteiger partial charge is 0.481 e. The van der Waals surface area contributed by atoms with Gasteiger partial charge in [0, 0.05) is 19.6 Å². The van der Waals surface area contributed by atoms with Gasteiger partial charge in [0.2, 0.25) is 53.2 Å². The third-order valence-electron chi connectivity index (χ3n) is 10.5. The number of likely N-dealkylation sites (tertiary alicyclic amines) is 2. The number of hydrogen-bond donors (Lipinski definition) is 13. The van der Waals surface area contributed by atoms with Gasteiger partial charge in [-0.2, -0.15) is 0 Å². The smallest absolute Gasteiger partial charge is 0.326 e. The van der Waals surface area contributed by atoms with Gasteiger partial charge in [-0.25, -0.2) is 4.79 Å². The Morgan fingerprint density at radius 1 is 0.667 bits per heavy atom. The molecule has 0 spiro atoms. The van der Waals surface area contributed by atoms with Crippen LogP contribution in [-0.4, -0.2) is 190 Å². The fourth-order valence-electron chi connectivity index (χ4n) is 6.74. The zero-order valence-corrected chi connectivity index (χ0v) is 35.4. The van der Waals surface area contributed by atoms with Crippen LogP contribution in [-0.2, 0) is 52.7 Å². The van der Waals surface area contributed by atoms with E-state index in [2.05, 4.69) is 37.2 Å². The number of nitrogens with one attached hydrogen (secondary N) is 7. The van der Waals surface area contributed by atoms with Gasteiger partial charge < -0.3 is 78.9 Å². The number of nitrogens with two attached hydrogens (primary N) is 2. The molecule has 0 saturated carbocycles. The molecule has 63 heavy (non-hydrogen) atoms. The van der Waals surface area contributed by atoms with Crippen LogP contribution in [0.3, 0.4) is 0 Å². The molecule has 2 heterocycles. The predicted molar refractivity (Wildman–Crippen MR) is 216 cm³/mol. The maximum absolute atomic E-state index is 13.4. The van der Waals surface area contributed by atoms with Crippen LogP contribution in [0.5, 0.6) is 0 Å². The van der Waals surface area contributed by atoms with Gasteiger partial charge in [-0.3, -0.25) is 47.9 Å². The number of rotatable bonds is 24. The lowest BCUT2D eigenvalue weighted by molar-refractivity contribution is -0.150. The summed E-state index contributed by atoms with van der Waals surface area (Å²) >= 11 is 0. The Morgan fingerprint density at radius 2 is 1.19 bits per heavy atom. The highest BCUT2D eigenvalue weighted by Crippen LogP contribution is 2.22. The zero-order valence-electron chi connectivity index (χ0n) is 35.4. The van der Waals surface area contributed by atoms with E-state index in [-0.39, 0.29) is 32.5 Å². The van der Waals surface area contributed by atoms with Crippen LogP contribution in [0, 0.1) is 5.92 Å². The Bertz CT molecular complexity index is 1700. The molecule has 2 rings (SSSR count). The lowest BCUT2D eigenvalue weighted by Gasteiger charge is -2.36. The van der Waals surface area contributed by atoms with Gasteiger partial charge in [-0.05, 0) is 44.9 Å². The van der Waals surface area contributed by atoms with Crippen molar-refractivity contribution in [2.45, 2.75) is 114 Å². The fraction of sp³-hybridized carbons (Fsp3) is 0.703. The van der Waals surface area contributed by atoms with E-state index >= 15 is 0 Å². The van der Waals surface area contributed by atoms with Crippen molar-refractivity contribution in [3.8, 4) is 0 Å². The quantitative estimate of drug-likeness (QED) is 0.0428. The van der Waals surface area contributed by atoms with Crippen molar-refractivity contribution in [1.82, 2.24) is 47.0 Å². The minimum atomic E-state index is -1.74. The topological polar surface area (TPSA) is 411 Å². The molecule has 0 aromatic carbocycles. The number of carboxylic acid groups (broad SMARTS) is 2. The summed E-state index contributed by atoms with van der Waals surface area (Å²) < 4.78 is 0. The van der Waals surface area contributed by atoms with Gasteiger partial charge in [0.25, 0.3) is 0 Å². The van der Waals surface area contributed by atoms with E-state index in [1.165, 1.54) is 11.8 Å². The average molecular weight is 900 g/mol. The first-order valence-electron chi connectivity index (χ1n) is 20.5. The van der Waals surface area contributed by atoms with Crippen LogP contribution < -0.4 is 48.7 Å². The number of hydrogen-bond acceptors (Lipinski definition) is 15. The summed E-state index contributed by atoms with van der Waals surface area (Å²) in [6.45, 7) is 1.40. The molecule has 15 N–H and O–H groups in total. The molecule has 2 aliphatic rings. The van der Waals surface area contributed by atoms with Gasteiger partial charge in [-0.15, -0.1) is 0 Å². The Balaban J connectivity index is 1.93. The first-order chi connectivity index (χ1) is 29.7. The number of aliphatic carboxylic acids is 2. The van der Waals surface area contributed by atoms with Crippen molar-refractivity contribution in [2.24, 2.45) is 17.4 Å². The molecule has 354 valence electrons. The SMILES string of the molecule is CC[C@H](C)[C@H](NC(=O)[C@@H](NC(=O)CNC(=O)[C@H](CO)NC(=O)CNC(=O)[C@H](CC(=O)O)NC(=O)CNC(=O)[C@@H]1CCCCN1C(=O)[C@@H](N)CN)[C@@H](C)O)C(=O)N1CCC[C@H]1C(=O)O. The van der Waals surface area contributed by atoms with Crippen molar-refractivity contribution >= 4 is 65.1 Å². The van der Waals surface area contributed by atoms with Gasteiger partial charge in [0.15, 0.2) is 0 Å². The molecule has 9 amide bonds. The number of amides is 9. The number of aliphatic hydroxyl groups excluding tert-OH is 2. The Labute approximate surface area is 362 Å². The van der Waals surface area contributed by atoms with Gasteiger partial charge in [0.1, 0.15) is 36.3 Å². The highest BCUT2D eigenvalue weighted by Gasteiger charge is 2.41. The van der Waals surface area contributed by atoms with Gasteiger partial charge in [-0.1, -0.05) is 20.3 Å². The van der Waals surface area contributed by atoms with Gasteiger partial charge in [0.05, 0.1) is 44.8 Å². The second-order valence-corrected chi connectivity index (χ2v) is 15.2. The van der Waals surface area contributed by atoms with Crippen LogP contribution in [0.1, 0.15) is 65.7 Å². The normalized spacial score (nSPS) is 19.3. The van der Waals surface area contributed by atoms with E-state index in [4.69, 9.17) is 11.5 Å². The van der Waals surface area contributed by atoms with E-state index in [1.807, 2.05) is 0 Å². The number of piperidine rings is 1. The molecule has 0 unspecified atom stereocenters. The summed E-state index contributed by atoms with van der Waals surface area (Å²) in [5, 5.41) is 54.4. The summed E-state index contributed by atoms with van der Waals surface area (Å²) in [7, 11) is 0. The molecular weight excluding hydrogens is 838 g/mol. The number of carboxylic acids is 2. The molecule has 9 atom stereocenters. The fourth-order valence-corrected chi connectivity index (χ4v) is 6.74. The van der Waals surface area contributed by atoms with Crippen LogP contribution >= 0.6 is 0 Å². The summed E-state index contributed by atoms with van der Waals surface area (Å²) in [6.07, 6.45) is 0.132. The van der Waals surface area contributed by atoms with Crippen LogP contribution in [0.2, 0.25) is 0 Å². The Kier molecular flexibility index (Phi) is 21.8. The van der Waals surface area contributed by atoms with Crippen molar-refractivity contribution in [3.63, 3.8) is 0 Å². The molecule has 0 radical (unpaired) electrons. The molecule has 2 saturated heterocycles. The van der Waals surface area contributed by atoms with Crippen LogP contribution in [0.15, 0.2) is 0 Å². The standard InChI is InChI=1S/C37H61N11O15/c1-4-18(2)29(36(61)48-11-7-9-24(48)37(62)63)46-34(59)30(19(3)50)45-27(53)16-41-32(57)22(17-49)44-26(52)14-40-31(56)21(12-28(54)55)43-25(51)15-42-33(58)23-8-5-6-10-47(23)35(60)20(39)13-38/h18-24,29-30,49-50H,4-17,38-39H2,1-3H3,(H,40,56)(H,41,57)(H,42,58)(H,43,51)(H,44,52)(H,45,53)(H,46,59)(H,54,55)(H,62,63)/t18-,19+,20-,21-,22-,23-,24-,29-,30-/m0/s1. The second kappa shape index (κ2) is 25.8. The minimum Gasteiger partial charge on any atom is -0.481 e. The van der Waals surface area contributed by atoms with Crippen molar-refractivity contribution < 1.29 is 73.2 Å². The van der Waals surface area contributed by atoms with Gasteiger partial charge >= 0.3 is 11.9 Å². The maximum Gasteiger partial charge on any atom is 0.326 e. The molecule has 0 bridgehead atoms. The van der Waals surface area contributed by atoms with E-state index in [1.54, 1.807) is 13.8 Å². The molecule has 2 fully saturated rings. The number of carbonyl (C=O) groups excluding carboxylic acids is 9. The van der Waals surface area contributed by atoms with E-state index < -0.39 is 152 Å². The lowest BCUT2D eigenvalue weighted by Crippen LogP contribution is -2.60. The predicted octanol–water partition coefficient (Wildman–Crippen LogP) is -7.09. The number of aliphatic hydroxyl groups is 2. The molecule has 0 aromatic heterocycles. The monoisotopic (exact) mass is 899 g/mol. The highest BCUT2D eigenvalue weighted by atomic mass is 16.4. The van der Waals surface area contributed by atoms with Crippen molar-refractivity contribution in [3.05, 3.63) is 0 Å². The summed E-state index contributed by atoms with van der Waals surface area (Å²) in [5.74, 6) is -11.3. The van der Waals surface area contributed by atoms with Crippen molar-refractivity contribution in [2.75, 3.05) is 45.9 Å². The summed E-state index contributed by atoms with van der Waals surface area (Å²) in [5.41, 5.74) is 11.2. The third-order valence-corrected chi connectivity index (χ3v) is 10.5. The second-order valence-electron chi connectivity index (χ2n) is 15.2. The first-order valence-corrected chi connectivity index (χ1v) is 20.5. The molecular formula is C37H61N11O15. The summed E-state index contributed by atoms with van der Waals surface area (Å²) in [4.78, 5) is 141. The van der Waals surface area contributed by atoms with E-state index in [0.29, 0.717) is 25.7 Å². The zero-order chi connectivity index (χ0) is 47.6. The lowest BCUT2D eigenvalue weighted by atomic mass is 9.96. The van der Waals surface area contributed by atoms with Crippen LogP contribution in [0.4, 0.5) is 0 Å². The highest BCUT2D eigenvalue weighted by molar-refractivity contribution is 5.97. The summed E-state index contributed by atoms with van der Waals surface area (Å²) in [6, 6.07) is -9.32. The third kappa shape index (κ3) is 16.3. The Morgan fingerprint density at radius 3 is 1.73 bits per heavy atom. The molecule has 2 aliphatic heterocycles. The molecule has 0 aromatic rings. The molecule has 0 aliphatic carbocycles. The Hall–Kier alpha value is -5.99. The van der Waals surface area contributed by atoms with Crippen molar-refractivity contribution in [1.29, 1.82) is 0 Å². The number of carbonyl (C=O) groups is 11. The van der Waals surface area contributed by atoms with E-state index in [9.17, 15) is 73.2 Å². The average Bonchev–Trinajstić information content (AvgIpc) is 3.76.